The molecule has 3 N–H and O–H groups in total. The summed E-state index contributed by atoms with van der Waals surface area (Å²) in [5.74, 6) is 0.00208. The molecule has 18 heavy (non-hydrogen) atoms. The zero-order valence-electron chi connectivity index (χ0n) is 10.8. The summed E-state index contributed by atoms with van der Waals surface area (Å²) in [6, 6.07) is 6.61. The van der Waals surface area contributed by atoms with Crippen molar-refractivity contribution in [1.29, 1.82) is 0 Å². The molecule has 0 radical (unpaired) electrons. The fourth-order valence-electron chi connectivity index (χ4n) is 1.77. The maximum absolute atomic E-state index is 13.3. The van der Waals surface area contributed by atoms with Gasteiger partial charge in [-0.25, -0.2) is 4.39 Å². The van der Waals surface area contributed by atoms with Crippen molar-refractivity contribution in [2.75, 3.05) is 13.1 Å². The Hall–Kier alpha value is -1.42. The molecule has 0 aliphatic heterocycles. The van der Waals surface area contributed by atoms with E-state index in [4.69, 9.17) is 5.73 Å². The minimum atomic E-state index is -0.222. The van der Waals surface area contributed by atoms with Gasteiger partial charge in [0.25, 0.3) is 0 Å². The van der Waals surface area contributed by atoms with Gasteiger partial charge in [0, 0.05) is 13.0 Å². The van der Waals surface area contributed by atoms with Crippen LogP contribution >= 0.6 is 0 Å². The Morgan fingerprint density at radius 1 is 1.44 bits per heavy atom. The molecule has 0 aliphatic carbocycles. The van der Waals surface area contributed by atoms with E-state index in [2.05, 4.69) is 5.32 Å². The second-order valence-electron chi connectivity index (χ2n) is 4.41. The van der Waals surface area contributed by atoms with Gasteiger partial charge in [-0.05, 0) is 30.5 Å². The van der Waals surface area contributed by atoms with Crippen molar-refractivity contribution in [3.05, 3.63) is 35.6 Å². The Labute approximate surface area is 108 Å². The maximum atomic E-state index is 13.3. The van der Waals surface area contributed by atoms with Gasteiger partial charge in [-0.2, -0.15) is 0 Å². The molecule has 1 rings (SSSR count). The molecular weight excluding hydrogens is 231 g/mol. The Kier molecular flexibility index (Phi) is 6.36. The van der Waals surface area contributed by atoms with Gasteiger partial charge in [0.05, 0.1) is 0 Å². The molecule has 1 aromatic rings. The quantitative estimate of drug-likeness (QED) is 0.778. The number of hydrogen-bond donors (Lipinski definition) is 2. The van der Waals surface area contributed by atoms with Crippen molar-refractivity contribution in [2.24, 2.45) is 11.7 Å². The summed E-state index contributed by atoms with van der Waals surface area (Å²) in [7, 11) is 0. The zero-order valence-corrected chi connectivity index (χ0v) is 10.8. The van der Waals surface area contributed by atoms with Crippen LogP contribution in [0.4, 0.5) is 4.39 Å². The molecule has 0 heterocycles. The van der Waals surface area contributed by atoms with E-state index in [0.29, 0.717) is 31.5 Å². The third-order valence-corrected chi connectivity index (χ3v) is 3.06. The second kappa shape index (κ2) is 7.82. The Morgan fingerprint density at radius 3 is 2.78 bits per heavy atom. The van der Waals surface area contributed by atoms with E-state index in [0.717, 1.165) is 6.42 Å². The van der Waals surface area contributed by atoms with E-state index < -0.39 is 0 Å². The van der Waals surface area contributed by atoms with E-state index in [-0.39, 0.29) is 17.6 Å². The lowest BCUT2D eigenvalue weighted by molar-refractivity contribution is -0.121. The van der Waals surface area contributed by atoms with E-state index in [1.165, 1.54) is 6.07 Å². The van der Waals surface area contributed by atoms with Crippen LogP contribution in [0.5, 0.6) is 0 Å². The summed E-state index contributed by atoms with van der Waals surface area (Å²) in [4.78, 5) is 11.6. The topological polar surface area (TPSA) is 55.1 Å². The van der Waals surface area contributed by atoms with Crippen molar-refractivity contribution in [3.63, 3.8) is 0 Å². The first-order valence-corrected chi connectivity index (χ1v) is 6.37. The highest BCUT2D eigenvalue weighted by atomic mass is 19.1. The predicted molar refractivity (Wildman–Crippen MR) is 70.6 cm³/mol. The van der Waals surface area contributed by atoms with Crippen molar-refractivity contribution in [3.8, 4) is 0 Å². The van der Waals surface area contributed by atoms with Crippen LogP contribution < -0.4 is 11.1 Å². The maximum Gasteiger partial charge on any atom is 0.220 e. The summed E-state index contributed by atoms with van der Waals surface area (Å²) in [5.41, 5.74) is 6.17. The average molecular weight is 252 g/mol. The van der Waals surface area contributed by atoms with Gasteiger partial charge in [0.2, 0.25) is 5.91 Å². The molecule has 1 unspecified atom stereocenters. The van der Waals surface area contributed by atoms with Crippen LogP contribution in [0.3, 0.4) is 0 Å². The highest BCUT2D eigenvalue weighted by molar-refractivity contribution is 5.76. The van der Waals surface area contributed by atoms with E-state index in [1.54, 1.807) is 18.2 Å². The molecule has 4 heteroatoms. The number of benzene rings is 1. The molecule has 0 saturated heterocycles. The molecule has 0 aliphatic rings. The summed E-state index contributed by atoms with van der Waals surface area (Å²) >= 11 is 0. The number of carbonyl (C=O) groups excluding carboxylic acids is 1. The number of amides is 1. The molecule has 0 bridgehead atoms. The molecule has 0 aromatic heterocycles. The van der Waals surface area contributed by atoms with Gasteiger partial charge in [-0.1, -0.05) is 31.5 Å². The van der Waals surface area contributed by atoms with Crippen molar-refractivity contribution in [1.82, 2.24) is 5.32 Å². The summed E-state index contributed by atoms with van der Waals surface area (Å²) in [6.07, 6.45) is 1.86. The number of nitrogens with one attached hydrogen (secondary N) is 1. The molecular formula is C14H21FN2O. The van der Waals surface area contributed by atoms with Crippen LogP contribution in [0.25, 0.3) is 0 Å². The third-order valence-electron chi connectivity index (χ3n) is 3.06. The van der Waals surface area contributed by atoms with E-state index >= 15 is 0 Å². The normalized spacial score (nSPS) is 12.2. The largest absolute Gasteiger partial charge is 0.356 e. The van der Waals surface area contributed by atoms with Crippen LogP contribution in [0.2, 0.25) is 0 Å². The smallest absolute Gasteiger partial charge is 0.220 e. The lowest BCUT2D eigenvalue weighted by atomic mass is 10.0. The molecule has 1 atom stereocenters. The minimum Gasteiger partial charge on any atom is -0.356 e. The van der Waals surface area contributed by atoms with Crippen LogP contribution in [-0.4, -0.2) is 19.0 Å². The standard InChI is InChI=1S/C14H21FN2O/c1-2-11(10-16)9-14(18)17-8-7-12-5-3-4-6-13(12)15/h3-6,11H,2,7-10,16H2,1H3,(H,17,18). The van der Waals surface area contributed by atoms with E-state index in [9.17, 15) is 9.18 Å². The summed E-state index contributed by atoms with van der Waals surface area (Å²) in [5, 5.41) is 2.80. The second-order valence-corrected chi connectivity index (χ2v) is 4.41. The average Bonchev–Trinajstić information content (AvgIpc) is 2.38. The molecule has 3 nitrogen and oxygen atoms in total. The first kappa shape index (κ1) is 14.6. The van der Waals surface area contributed by atoms with E-state index in [1.807, 2.05) is 6.92 Å². The van der Waals surface area contributed by atoms with Crippen LogP contribution in [0.15, 0.2) is 24.3 Å². The van der Waals surface area contributed by atoms with Crippen LogP contribution in [0.1, 0.15) is 25.3 Å². The highest BCUT2D eigenvalue weighted by Gasteiger charge is 2.10. The van der Waals surface area contributed by atoms with Gasteiger partial charge in [0.1, 0.15) is 5.82 Å². The van der Waals surface area contributed by atoms with Gasteiger partial charge in [-0.3, -0.25) is 4.79 Å². The first-order valence-electron chi connectivity index (χ1n) is 6.37. The molecule has 0 saturated carbocycles. The fraction of sp³-hybridized carbons (Fsp3) is 0.500. The summed E-state index contributed by atoms with van der Waals surface area (Å²) in [6.45, 7) is 3.00. The fourth-order valence-corrected chi connectivity index (χ4v) is 1.77. The highest BCUT2D eigenvalue weighted by Crippen LogP contribution is 2.07. The number of hydrogen-bond acceptors (Lipinski definition) is 2. The number of carbonyl (C=O) groups is 1. The third kappa shape index (κ3) is 4.84. The zero-order chi connectivity index (χ0) is 13.4. The molecule has 100 valence electrons. The lowest BCUT2D eigenvalue weighted by Gasteiger charge is -2.12. The van der Waals surface area contributed by atoms with Crippen molar-refractivity contribution in [2.45, 2.75) is 26.2 Å². The molecule has 1 amide bonds. The van der Waals surface area contributed by atoms with Crippen LogP contribution in [0, 0.1) is 11.7 Å². The number of rotatable bonds is 7. The number of nitrogens with two attached hydrogens (primary N) is 1. The summed E-state index contributed by atoms with van der Waals surface area (Å²) < 4.78 is 13.3. The van der Waals surface area contributed by atoms with Crippen molar-refractivity contribution >= 4 is 5.91 Å². The lowest BCUT2D eigenvalue weighted by Crippen LogP contribution is -2.29. The monoisotopic (exact) mass is 252 g/mol. The molecule has 0 spiro atoms. The molecule has 1 aromatic carbocycles. The Bertz CT molecular complexity index is 378. The number of halogens is 1. The Morgan fingerprint density at radius 2 is 2.17 bits per heavy atom. The van der Waals surface area contributed by atoms with Gasteiger partial charge >= 0.3 is 0 Å². The Balaban J connectivity index is 2.29. The van der Waals surface area contributed by atoms with Gasteiger partial charge in [0.15, 0.2) is 0 Å². The van der Waals surface area contributed by atoms with Gasteiger partial charge < -0.3 is 11.1 Å². The first-order chi connectivity index (χ1) is 8.67. The SMILES string of the molecule is CCC(CN)CC(=O)NCCc1ccccc1F. The van der Waals surface area contributed by atoms with Crippen LogP contribution in [-0.2, 0) is 11.2 Å². The minimum absolute atomic E-state index is 0.0105. The predicted octanol–water partition coefficient (Wildman–Crippen LogP) is 1.86. The molecule has 0 fully saturated rings. The van der Waals surface area contributed by atoms with Gasteiger partial charge in [-0.15, -0.1) is 0 Å². The van der Waals surface area contributed by atoms with Crippen molar-refractivity contribution < 1.29 is 9.18 Å².